The lowest BCUT2D eigenvalue weighted by Crippen LogP contribution is -2.44. The number of anilines is 1. The van der Waals surface area contributed by atoms with E-state index in [0.717, 1.165) is 41.5 Å². The lowest BCUT2D eigenvalue weighted by Gasteiger charge is -2.30. The molecule has 0 saturated carbocycles. The molecule has 4 heterocycles. The van der Waals surface area contributed by atoms with Gasteiger partial charge in [-0.15, -0.1) is 11.8 Å². The van der Waals surface area contributed by atoms with Crippen LogP contribution in [0.5, 0.6) is 0 Å². The summed E-state index contributed by atoms with van der Waals surface area (Å²) in [6, 6.07) is 9.31. The summed E-state index contributed by atoms with van der Waals surface area (Å²) in [6.45, 7) is 4.60. The average Bonchev–Trinajstić information content (AvgIpc) is 3.77. The first-order chi connectivity index (χ1) is 20.4. The fourth-order valence-electron chi connectivity index (χ4n) is 6.03. The summed E-state index contributed by atoms with van der Waals surface area (Å²) in [5, 5.41) is 11.9. The Hall–Kier alpha value is -4.19. The zero-order chi connectivity index (χ0) is 29.1. The van der Waals surface area contributed by atoms with Crippen LogP contribution >= 0.6 is 11.6 Å². The number of benzene rings is 1. The Bertz CT molecular complexity index is 1690. The van der Waals surface area contributed by atoms with Gasteiger partial charge in [0.05, 0.1) is 17.5 Å². The van der Waals surface area contributed by atoms with Gasteiger partial charge in [-0.2, -0.15) is 5.10 Å². The van der Waals surface area contributed by atoms with Crippen LogP contribution in [0, 0.1) is 17.3 Å². The first-order valence-corrected chi connectivity index (χ1v) is 14.7. The van der Waals surface area contributed by atoms with Gasteiger partial charge in [0, 0.05) is 48.9 Å². The number of aromatic amines is 1. The number of nitrogens with one attached hydrogen (secondary N) is 2. The molecule has 0 bridgehead atoms. The Balaban J connectivity index is 1.14. The summed E-state index contributed by atoms with van der Waals surface area (Å²) in [5.74, 6) is 6.12. The Kier molecular flexibility index (Phi) is 7.96. The van der Waals surface area contributed by atoms with Gasteiger partial charge >= 0.3 is 0 Å². The topological polar surface area (TPSA) is 94.2 Å². The summed E-state index contributed by atoms with van der Waals surface area (Å²) in [7, 11) is 0. The van der Waals surface area contributed by atoms with E-state index < -0.39 is 5.41 Å². The van der Waals surface area contributed by atoms with Crippen molar-refractivity contribution >= 4 is 40.0 Å². The maximum Gasteiger partial charge on any atom is 0.237 e. The largest absolute Gasteiger partial charge is 0.338 e. The highest BCUT2D eigenvalue weighted by molar-refractivity contribution is 6.29. The van der Waals surface area contributed by atoms with Crippen molar-refractivity contribution in [1.29, 1.82) is 0 Å². The van der Waals surface area contributed by atoms with Crippen molar-refractivity contribution in [3.05, 3.63) is 77.1 Å². The van der Waals surface area contributed by atoms with Crippen molar-refractivity contribution in [3.63, 3.8) is 0 Å². The minimum atomic E-state index is -0.702. The predicted molar refractivity (Wildman–Crippen MR) is 166 cm³/mol. The van der Waals surface area contributed by atoms with E-state index in [2.05, 4.69) is 61.5 Å². The first-order valence-electron chi connectivity index (χ1n) is 14.3. The van der Waals surface area contributed by atoms with Crippen LogP contribution in [-0.4, -0.2) is 69.5 Å². The van der Waals surface area contributed by atoms with E-state index in [1.54, 1.807) is 19.2 Å². The number of halogens is 1. The van der Waals surface area contributed by atoms with Crippen molar-refractivity contribution in [2.75, 3.05) is 38.0 Å². The third-order valence-electron chi connectivity index (χ3n) is 8.40. The normalized spacial score (nSPS) is 20.3. The van der Waals surface area contributed by atoms with E-state index in [9.17, 15) is 9.59 Å². The number of nitrogens with zero attached hydrogens (tertiary/aromatic N) is 4. The summed E-state index contributed by atoms with van der Waals surface area (Å²) in [4.78, 5) is 35.1. The molecule has 1 aromatic carbocycles. The lowest BCUT2D eigenvalue weighted by atomic mass is 9.82. The number of aromatic nitrogens is 3. The second kappa shape index (κ2) is 12.0. The van der Waals surface area contributed by atoms with E-state index in [0.29, 0.717) is 49.9 Å². The van der Waals surface area contributed by atoms with Gasteiger partial charge in [-0.05, 0) is 74.2 Å². The Morgan fingerprint density at radius 1 is 1.19 bits per heavy atom. The maximum absolute atomic E-state index is 13.8. The van der Waals surface area contributed by atoms with Gasteiger partial charge in [0.15, 0.2) is 0 Å². The Morgan fingerprint density at radius 2 is 2.10 bits per heavy atom. The SMILES string of the molecule is CC#CCC1(C(=O)Nc2ccc3[nH]nc(-c4ccnc(Cl)c4)c3c2)CCN(CC(=O)N2CC=C(C3=CCC=C3)CC2)C1. The molecule has 1 aliphatic carbocycles. The molecular weight excluding hydrogens is 548 g/mol. The number of pyridine rings is 1. The molecule has 3 aliphatic rings. The summed E-state index contributed by atoms with van der Waals surface area (Å²) < 4.78 is 0. The van der Waals surface area contributed by atoms with Crippen LogP contribution in [0.4, 0.5) is 5.69 Å². The molecular formula is C33H33ClN6O2. The molecule has 8 nitrogen and oxygen atoms in total. The predicted octanol–water partition coefficient (Wildman–Crippen LogP) is 5.37. The number of carbonyl (C=O) groups excluding carboxylic acids is 2. The summed E-state index contributed by atoms with van der Waals surface area (Å²) >= 11 is 6.11. The molecule has 2 N–H and O–H groups in total. The summed E-state index contributed by atoms with van der Waals surface area (Å²) in [6.07, 6.45) is 13.3. The fourth-order valence-corrected chi connectivity index (χ4v) is 6.21. The van der Waals surface area contributed by atoms with E-state index >= 15 is 0 Å². The third-order valence-corrected chi connectivity index (χ3v) is 8.61. The van der Waals surface area contributed by atoms with E-state index in [4.69, 9.17) is 11.6 Å². The zero-order valence-corrected chi connectivity index (χ0v) is 24.4. The molecule has 3 aromatic rings. The number of hydrogen-bond acceptors (Lipinski definition) is 5. The smallest absolute Gasteiger partial charge is 0.237 e. The minimum Gasteiger partial charge on any atom is -0.338 e. The molecule has 214 valence electrons. The number of likely N-dealkylation sites (tertiary alicyclic amines) is 1. The third kappa shape index (κ3) is 5.76. The summed E-state index contributed by atoms with van der Waals surface area (Å²) in [5.41, 5.74) is 5.02. The number of H-pyrrole nitrogens is 1. The molecule has 2 aliphatic heterocycles. The van der Waals surface area contributed by atoms with Gasteiger partial charge in [0.1, 0.15) is 10.8 Å². The van der Waals surface area contributed by atoms with E-state index in [1.165, 1.54) is 11.1 Å². The molecule has 9 heteroatoms. The van der Waals surface area contributed by atoms with Crippen LogP contribution in [0.1, 0.15) is 32.6 Å². The van der Waals surface area contributed by atoms with Crippen LogP contribution in [0.2, 0.25) is 5.15 Å². The van der Waals surface area contributed by atoms with Gasteiger partial charge < -0.3 is 10.2 Å². The quantitative estimate of drug-likeness (QED) is 0.290. The monoisotopic (exact) mass is 580 g/mol. The molecule has 2 amide bonds. The van der Waals surface area contributed by atoms with E-state index in [1.807, 2.05) is 29.2 Å². The lowest BCUT2D eigenvalue weighted by molar-refractivity contribution is -0.132. The fraction of sp³-hybridized carbons (Fsp3) is 0.333. The number of carbonyl (C=O) groups is 2. The second-order valence-corrected chi connectivity index (χ2v) is 11.5. The molecule has 1 saturated heterocycles. The van der Waals surface area contributed by atoms with Crippen molar-refractivity contribution in [3.8, 4) is 23.1 Å². The Morgan fingerprint density at radius 3 is 2.86 bits per heavy atom. The highest BCUT2D eigenvalue weighted by atomic mass is 35.5. The average molecular weight is 581 g/mol. The number of amides is 2. The Labute approximate surface area is 250 Å². The zero-order valence-electron chi connectivity index (χ0n) is 23.6. The van der Waals surface area contributed by atoms with Gasteiger partial charge in [-0.1, -0.05) is 35.9 Å². The van der Waals surface area contributed by atoms with Crippen LogP contribution < -0.4 is 5.32 Å². The molecule has 1 atom stereocenters. The second-order valence-electron chi connectivity index (χ2n) is 11.1. The van der Waals surface area contributed by atoms with Crippen LogP contribution in [0.15, 0.2) is 72.0 Å². The van der Waals surface area contributed by atoms with Crippen LogP contribution in [0.3, 0.4) is 0 Å². The van der Waals surface area contributed by atoms with E-state index in [-0.39, 0.29) is 11.8 Å². The van der Waals surface area contributed by atoms with Crippen molar-refractivity contribution in [1.82, 2.24) is 25.0 Å². The van der Waals surface area contributed by atoms with Crippen molar-refractivity contribution < 1.29 is 9.59 Å². The number of hydrogen-bond donors (Lipinski definition) is 2. The van der Waals surface area contributed by atoms with Gasteiger partial charge in [-0.25, -0.2) is 4.98 Å². The maximum atomic E-state index is 13.8. The van der Waals surface area contributed by atoms with Crippen molar-refractivity contribution in [2.24, 2.45) is 5.41 Å². The number of rotatable bonds is 7. The molecule has 2 aromatic heterocycles. The minimum absolute atomic E-state index is 0.0833. The van der Waals surface area contributed by atoms with Crippen LogP contribution in [0.25, 0.3) is 22.2 Å². The first kappa shape index (κ1) is 28.0. The number of fused-ring (bicyclic) bond motifs is 1. The molecule has 0 radical (unpaired) electrons. The molecule has 1 fully saturated rings. The molecule has 6 rings (SSSR count). The van der Waals surface area contributed by atoms with Crippen molar-refractivity contribution in [2.45, 2.75) is 32.6 Å². The molecule has 42 heavy (non-hydrogen) atoms. The number of allylic oxidation sites excluding steroid dienone is 4. The van der Waals surface area contributed by atoms with Gasteiger partial charge in [0.25, 0.3) is 0 Å². The van der Waals surface area contributed by atoms with Gasteiger partial charge in [-0.3, -0.25) is 19.6 Å². The highest BCUT2D eigenvalue weighted by Crippen LogP contribution is 2.36. The van der Waals surface area contributed by atoms with Gasteiger partial charge in [0.2, 0.25) is 11.8 Å². The molecule has 0 spiro atoms. The molecule has 1 unspecified atom stereocenters. The standard InChI is InChI=1S/C33H33ClN6O2/c1-2-3-13-33(14-18-39(22-33)21-30(41)40-16-11-24(12-17-40)23-6-4-5-7-23)32(42)36-26-8-9-28-27(20-26)31(38-37-28)25-10-15-35-29(34)19-25/h4,6-11,15,19-20H,5,12-14,16-18,21-22H2,1H3,(H,36,42)(H,37,38). The van der Waals surface area contributed by atoms with Crippen LogP contribution in [-0.2, 0) is 9.59 Å². The highest BCUT2D eigenvalue weighted by Gasteiger charge is 2.44.